The number of hydrogen-bond donors (Lipinski definition) is 0. The molecule has 0 amide bonds. The molecule has 3 rings (SSSR count). The summed E-state index contributed by atoms with van der Waals surface area (Å²) >= 11 is 11.8. The van der Waals surface area contributed by atoms with Gasteiger partial charge in [0.25, 0.3) is 5.89 Å². The van der Waals surface area contributed by atoms with Crippen LogP contribution in [0.2, 0.25) is 10.0 Å². The summed E-state index contributed by atoms with van der Waals surface area (Å²) in [5, 5.41) is 5.25. The molecule has 0 aliphatic carbocycles. The van der Waals surface area contributed by atoms with Crippen molar-refractivity contribution in [3.05, 3.63) is 58.6 Å². The van der Waals surface area contributed by atoms with Crippen LogP contribution in [0.5, 0.6) is 0 Å². The Morgan fingerprint density at radius 2 is 1.63 bits per heavy atom. The predicted octanol–water partition coefficient (Wildman–Crippen LogP) is 4.71. The van der Waals surface area contributed by atoms with Crippen molar-refractivity contribution in [1.82, 2.24) is 10.1 Å². The SMILES string of the molecule is Clc1ccc(-c2nc(-c3cccc(Cl)c3)no2)cc1. The molecule has 5 heteroatoms. The van der Waals surface area contributed by atoms with Crippen molar-refractivity contribution in [2.45, 2.75) is 0 Å². The minimum Gasteiger partial charge on any atom is -0.334 e. The van der Waals surface area contributed by atoms with Crippen molar-refractivity contribution in [2.24, 2.45) is 0 Å². The summed E-state index contributed by atoms with van der Waals surface area (Å²) in [6.45, 7) is 0. The van der Waals surface area contributed by atoms with E-state index in [2.05, 4.69) is 10.1 Å². The van der Waals surface area contributed by atoms with Gasteiger partial charge in [-0.1, -0.05) is 40.5 Å². The largest absolute Gasteiger partial charge is 0.334 e. The lowest BCUT2D eigenvalue weighted by molar-refractivity contribution is 0.432. The first-order valence-corrected chi connectivity index (χ1v) is 6.33. The summed E-state index contributed by atoms with van der Waals surface area (Å²) in [4.78, 5) is 4.34. The van der Waals surface area contributed by atoms with E-state index in [-0.39, 0.29) is 0 Å². The fourth-order valence-corrected chi connectivity index (χ4v) is 1.99. The maximum Gasteiger partial charge on any atom is 0.258 e. The molecular formula is C14H8Cl2N2O. The number of benzene rings is 2. The molecule has 0 saturated carbocycles. The first kappa shape index (κ1) is 12.2. The molecule has 0 bridgehead atoms. The average molecular weight is 291 g/mol. The molecule has 0 unspecified atom stereocenters. The first-order chi connectivity index (χ1) is 9.22. The molecule has 0 saturated heterocycles. The summed E-state index contributed by atoms with van der Waals surface area (Å²) in [5.74, 6) is 0.957. The van der Waals surface area contributed by atoms with Gasteiger partial charge in [0.2, 0.25) is 5.82 Å². The van der Waals surface area contributed by atoms with E-state index in [1.807, 2.05) is 24.3 Å². The highest BCUT2D eigenvalue weighted by Gasteiger charge is 2.10. The molecule has 0 N–H and O–H groups in total. The quantitative estimate of drug-likeness (QED) is 0.686. The highest BCUT2D eigenvalue weighted by Crippen LogP contribution is 2.24. The van der Waals surface area contributed by atoms with Crippen molar-refractivity contribution in [2.75, 3.05) is 0 Å². The van der Waals surface area contributed by atoms with Crippen LogP contribution in [0, 0.1) is 0 Å². The fourth-order valence-electron chi connectivity index (χ4n) is 1.68. The monoisotopic (exact) mass is 290 g/mol. The third-order valence-electron chi connectivity index (χ3n) is 2.60. The molecule has 2 aromatic carbocycles. The van der Waals surface area contributed by atoms with Crippen molar-refractivity contribution < 1.29 is 4.52 Å². The van der Waals surface area contributed by atoms with Crippen molar-refractivity contribution in [3.63, 3.8) is 0 Å². The van der Waals surface area contributed by atoms with Gasteiger partial charge in [0.05, 0.1) is 0 Å². The number of halogens is 2. The summed E-state index contributed by atoms with van der Waals surface area (Å²) in [7, 11) is 0. The van der Waals surface area contributed by atoms with E-state index in [0.29, 0.717) is 21.8 Å². The maximum absolute atomic E-state index is 5.94. The molecule has 19 heavy (non-hydrogen) atoms. The second kappa shape index (κ2) is 5.03. The molecule has 0 radical (unpaired) electrons. The molecule has 3 aromatic rings. The summed E-state index contributed by atoms with van der Waals surface area (Å²) in [6.07, 6.45) is 0. The van der Waals surface area contributed by atoms with Gasteiger partial charge in [-0.25, -0.2) is 0 Å². The van der Waals surface area contributed by atoms with E-state index < -0.39 is 0 Å². The van der Waals surface area contributed by atoms with Crippen molar-refractivity contribution in [1.29, 1.82) is 0 Å². The van der Waals surface area contributed by atoms with Gasteiger partial charge in [0, 0.05) is 21.2 Å². The molecule has 1 aromatic heterocycles. The normalized spacial score (nSPS) is 10.6. The molecule has 0 fully saturated rings. The highest BCUT2D eigenvalue weighted by molar-refractivity contribution is 6.31. The van der Waals surface area contributed by atoms with Crippen LogP contribution in [-0.4, -0.2) is 10.1 Å². The Hall–Kier alpha value is -1.84. The van der Waals surface area contributed by atoms with Crippen LogP contribution in [0.1, 0.15) is 0 Å². The minimum absolute atomic E-state index is 0.451. The van der Waals surface area contributed by atoms with Gasteiger partial charge < -0.3 is 4.52 Å². The Bertz CT molecular complexity index is 707. The molecule has 0 aliphatic heterocycles. The van der Waals surface area contributed by atoms with Gasteiger partial charge in [-0.05, 0) is 36.4 Å². The molecule has 94 valence electrons. The van der Waals surface area contributed by atoms with Crippen molar-refractivity contribution in [3.8, 4) is 22.8 Å². The van der Waals surface area contributed by atoms with Gasteiger partial charge in [0.1, 0.15) is 0 Å². The number of rotatable bonds is 2. The van der Waals surface area contributed by atoms with Crippen LogP contribution in [0.25, 0.3) is 22.8 Å². The number of nitrogens with zero attached hydrogens (tertiary/aromatic N) is 2. The molecule has 1 heterocycles. The van der Waals surface area contributed by atoms with Crippen LogP contribution in [0.4, 0.5) is 0 Å². The number of aromatic nitrogens is 2. The zero-order chi connectivity index (χ0) is 13.2. The lowest BCUT2D eigenvalue weighted by Crippen LogP contribution is -1.81. The smallest absolute Gasteiger partial charge is 0.258 e. The number of hydrogen-bond acceptors (Lipinski definition) is 3. The molecule has 0 spiro atoms. The Kier molecular flexibility index (Phi) is 3.23. The third kappa shape index (κ3) is 2.62. The maximum atomic E-state index is 5.94. The average Bonchev–Trinajstić information content (AvgIpc) is 2.89. The van der Waals surface area contributed by atoms with Crippen LogP contribution < -0.4 is 0 Å². The summed E-state index contributed by atoms with van der Waals surface area (Å²) in [6, 6.07) is 14.5. The highest BCUT2D eigenvalue weighted by atomic mass is 35.5. The zero-order valence-corrected chi connectivity index (χ0v) is 11.2. The predicted molar refractivity (Wildman–Crippen MR) is 75.2 cm³/mol. The molecule has 0 aliphatic rings. The molecular weight excluding hydrogens is 283 g/mol. The Labute approximate surface area is 119 Å². The lowest BCUT2D eigenvalue weighted by Gasteiger charge is -1.94. The van der Waals surface area contributed by atoms with Gasteiger partial charge in [-0.15, -0.1) is 0 Å². The van der Waals surface area contributed by atoms with E-state index in [4.69, 9.17) is 27.7 Å². The van der Waals surface area contributed by atoms with Crippen LogP contribution in [0.15, 0.2) is 53.1 Å². The minimum atomic E-state index is 0.451. The van der Waals surface area contributed by atoms with E-state index >= 15 is 0 Å². The second-order valence-electron chi connectivity index (χ2n) is 3.94. The van der Waals surface area contributed by atoms with Gasteiger partial charge in [-0.2, -0.15) is 4.98 Å². The topological polar surface area (TPSA) is 38.9 Å². The first-order valence-electron chi connectivity index (χ1n) is 5.58. The van der Waals surface area contributed by atoms with E-state index in [0.717, 1.165) is 11.1 Å². The van der Waals surface area contributed by atoms with Gasteiger partial charge in [0.15, 0.2) is 0 Å². The lowest BCUT2D eigenvalue weighted by atomic mass is 10.2. The zero-order valence-electron chi connectivity index (χ0n) is 9.68. The van der Waals surface area contributed by atoms with E-state index in [1.54, 1.807) is 24.3 Å². The molecule has 3 nitrogen and oxygen atoms in total. The van der Waals surface area contributed by atoms with Crippen molar-refractivity contribution >= 4 is 23.2 Å². The summed E-state index contributed by atoms with van der Waals surface area (Å²) in [5.41, 5.74) is 1.64. The van der Waals surface area contributed by atoms with Gasteiger partial charge >= 0.3 is 0 Å². The van der Waals surface area contributed by atoms with E-state index in [1.165, 1.54) is 0 Å². The van der Waals surface area contributed by atoms with Crippen LogP contribution in [0.3, 0.4) is 0 Å². The van der Waals surface area contributed by atoms with Crippen LogP contribution >= 0.6 is 23.2 Å². The molecule has 0 atom stereocenters. The second-order valence-corrected chi connectivity index (χ2v) is 4.81. The third-order valence-corrected chi connectivity index (χ3v) is 3.09. The Balaban J connectivity index is 1.97. The summed E-state index contributed by atoms with van der Waals surface area (Å²) < 4.78 is 5.24. The van der Waals surface area contributed by atoms with Crippen LogP contribution in [-0.2, 0) is 0 Å². The Morgan fingerprint density at radius 3 is 2.37 bits per heavy atom. The standard InChI is InChI=1S/C14H8Cl2N2O/c15-11-6-4-9(5-7-11)14-17-13(18-19-14)10-2-1-3-12(16)8-10/h1-8H. The fraction of sp³-hybridized carbons (Fsp3) is 0. The Morgan fingerprint density at radius 1 is 0.842 bits per heavy atom. The van der Waals surface area contributed by atoms with E-state index in [9.17, 15) is 0 Å². The van der Waals surface area contributed by atoms with Gasteiger partial charge in [-0.3, -0.25) is 0 Å².